The summed E-state index contributed by atoms with van der Waals surface area (Å²) in [6.07, 6.45) is 0. The smallest absolute Gasteiger partial charge is 0.289 e. The molecule has 0 atom stereocenters. The molecule has 3 rings (SSSR count). The van der Waals surface area contributed by atoms with Crippen molar-refractivity contribution in [2.45, 2.75) is 20.8 Å². The summed E-state index contributed by atoms with van der Waals surface area (Å²) in [5.41, 5.74) is 7.86. The minimum Gasteiger partial charge on any atom is -0.507 e. The number of carbonyl (C=O) groups is 1. The Balaban J connectivity index is 1.75. The fourth-order valence-corrected chi connectivity index (χ4v) is 2.52. The second-order valence-corrected chi connectivity index (χ2v) is 6.12. The van der Waals surface area contributed by atoms with Gasteiger partial charge in [-0.25, -0.2) is 5.43 Å². The third-order valence-electron chi connectivity index (χ3n) is 4.24. The molecule has 0 aliphatic carbocycles. The monoisotopic (exact) mass is 348 g/mol. The number of aromatic amines is 1. The van der Waals surface area contributed by atoms with Crippen molar-refractivity contribution < 1.29 is 9.90 Å². The number of carbonyl (C=O) groups excluding carboxylic acids is 1. The number of hydrogen-bond acceptors (Lipinski definition) is 4. The molecule has 6 nitrogen and oxygen atoms in total. The van der Waals surface area contributed by atoms with Gasteiger partial charge in [0, 0.05) is 11.1 Å². The molecule has 3 aromatic rings. The summed E-state index contributed by atoms with van der Waals surface area (Å²) in [4.78, 5) is 12.3. The Morgan fingerprint density at radius 2 is 1.88 bits per heavy atom. The van der Waals surface area contributed by atoms with E-state index in [1.165, 1.54) is 11.1 Å². The van der Waals surface area contributed by atoms with Gasteiger partial charge in [0.05, 0.1) is 11.4 Å². The molecular formula is C20H20N4O2. The fraction of sp³-hybridized carbons (Fsp3) is 0.150. The number of para-hydroxylation sites is 1. The predicted octanol–water partition coefficient (Wildman–Crippen LogP) is 3.55. The van der Waals surface area contributed by atoms with Crippen molar-refractivity contribution in [2.24, 2.45) is 5.10 Å². The Morgan fingerprint density at radius 1 is 1.12 bits per heavy atom. The van der Waals surface area contributed by atoms with Crippen LogP contribution in [0.5, 0.6) is 5.75 Å². The van der Waals surface area contributed by atoms with Crippen molar-refractivity contribution >= 4 is 11.6 Å². The van der Waals surface area contributed by atoms with Gasteiger partial charge in [0.1, 0.15) is 11.4 Å². The van der Waals surface area contributed by atoms with E-state index in [2.05, 4.69) is 20.7 Å². The number of aromatic hydroxyl groups is 1. The standard InChI is InChI=1S/C20H20N4O2/c1-12-8-9-15(10-13(12)2)17-11-18(23-22-17)20(26)24-21-14(3)16-6-4-5-7-19(16)25/h4-11,25H,1-3H3,(H,22,23)(H,24,26)/b21-14-. The van der Waals surface area contributed by atoms with Crippen LogP contribution < -0.4 is 5.43 Å². The highest BCUT2D eigenvalue weighted by Crippen LogP contribution is 2.21. The lowest BCUT2D eigenvalue weighted by atomic mass is 10.0. The first-order chi connectivity index (χ1) is 12.5. The Hall–Kier alpha value is -3.41. The molecule has 0 fully saturated rings. The average Bonchev–Trinajstić information content (AvgIpc) is 3.12. The van der Waals surface area contributed by atoms with Crippen LogP contribution in [0.2, 0.25) is 0 Å². The molecule has 0 unspecified atom stereocenters. The highest BCUT2D eigenvalue weighted by Gasteiger charge is 2.12. The van der Waals surface area contributed by atoms with E-state index < -0.39 is 5.91 Å². The number of aromatic nitrogens is 2. The molecule has 26 heavy (non-hydrogen) atoms. The van der Waals surface area contributed by atoms with Gasteiger partial charge in [-0.05, 0) is 56.2 Å². The lowest BCUT2D eigenvalue weighted by molar-refractivity contribution is 0.0950. The molecule has 0 saturated carbocycles. The van der Waals surface area contributed by atoms with Crippen molar-refractivity contribution in [3.63, 3.8) is 0 Å². The summed E-state index contributed by atoms with van der Waals surface area (Å²) >= 11 is 0. The number of rotatable bonds is 4. The topological polar surface area (TPSA) is 90.4 Å². The van der Waals surface area contributed by atoms with Crippen molar-refractivity contribution in [2.75, 3.05) is 0 Å². The molecule has 1 aromatic heterocycles. The van der Waals surface area contributed by atoms with Gasteiger partial charge in [-0.1, -0.05) is 24.3 Å². The quantitative estimate of drug-likeness (QED) is 0.497. The number of aryl methyl sites for hydroxylation is 2. The van der Waals surface area contributed by atoms with Crippen molar-refractivity contribution in [3.8, 4) is 17.0 Å². The summed E-state index contributed by atoms with van der Waals surface area (Å²) in [5, 5.41) is 20.8. The maximum atomic E-state index is 12.3. The molecule has 0 aliphatic rings. The number of hydrazone groups is 1. The zero-order chi connectivity index (χ0) is 18.7. The summed E-state index contributed by atoms with van der Waals surface area (Å²) in [6, 6.07) is 14.5. The molecule has 0 bridgehead atoms. The number of phenols is 1. The lowest BCUT2D eigenvalue weighted by Crippen LogP contribution is -2.19. The van der Waals surface area contributed by atoms with Crippen molar-refractivity contribution in [1.82, 2.24) is 15.6 Å². The molecule has 2 aromatic carbocycles. The maximum absolute atomic E-state index is 12.3. The first kappa shape index (κ1) is 17.4. The molecular weight excluding hydrogens is 328 g/mol. The van der Waals surface area contributed by atoms with E-state index in [0.29, 0.717) is 22.7 Å². The second-order valence-electron chi connectivity index (χ2n) is 6.12. The predicted molar refractivity (Wildman–Crippen MR) is 101 cm³/mol. The van der Waals surface area contributed by atoms with Gasteiger partial charge >= 0.3 is 0 Å². The van der Waals surface area contributed by atoms with Crippen LogP contribution in [0.1, 0.15) is 34.1 Å². The molecule has 1 heterocycles. The third kappa shape index (κ3) is 3.64. The number of benzene rings is 2. The summed E-state index contributed by atoms with van der Waals surface area (Å²) in [6.45, 7) is 5.80. The Morgan fingerprint density at radius 3 is 2.62 bits per heavy atom. The molecule has 6 heteroatoms. The fourth-order valence-electron chi connectivity index (χ4n) is 2.52. The molecule has 0 aliphatic heterocycles. The maximum Gasteiger partial charge on any atom is 0.289 e. The lowest BCUT2D eigenvalue weighted by Gasteiger charge is -2.04. The first-order valence-corrected chi connectivity index (χ1v) is 8.21. The van der Waals surface area contributed by atoms with E-state index in [1.54, 1.807) is 37.3 Å². The number of H-pyrrole nitrogens is 1. The number of amides is 1. The van der Waals surface area contributed by atoms with Crippen LogP contribution in [0.15, 0.2) is 53.6 Å². The Labute approximate surface area is 151 Å². The molecule has 0 radical (unpaired) electrons. The summed E-state index contributed by atoms with van der Waals surface area (Å²) in [5.74, 6) is -0.288. The summed E-state index contributed by atoms with van der Waals surface area (Å²) in [7, 11) is 0. The number of nitrogens with zero attached hydrogens (tertiary/aromatic N) is 2. The normalized spacial score (nSPS) is 11.4. The Bertz CT molecular complexity index is 989. The molecule has 0 spiro atoms. The largest absolute Gasteiger partial charge is 0.507 e. The number of phenolic OH excluding ortho intramolecular Hbond substituents is 1. The minimum atomic E-state index is -0.401. The van der Waals surface area contributed by atoms with E-state index in [-0.39, 0.29) is 5.75 Å². The van der Waals surface area contributed by atoms with Crippen molar-refractivity contribution in [3.05, 3.63) is 70.9 Å². The molecule has 132 valence electrons. The van der Waals surface area contributed by atoms with Crippen LogP contribution in [-0.4, -0.2) is 26.9 Å². The first-order valence-electron chi connectivity index (χ1n) is 8.21. The Kier molecular flexibility index (Phi) is 4.84. The molecule has 1 amide bonds. The summed E-state index contributed by atoms with van der Waals surface area (Å²) < 4.78 is 0. The molecule has 3 N–H and O–H groups in total. The van der Waals surface area contributed by atoms with Crippen LogP contribution in [0.3, 0.4) is 0 Å². The van der Waals surface area contributed by atoms with Gasteiger partial charge in [0.15, 0.2) is 0 Å². The highest BCUT2D eigenvalue weighted by molar-refractivity contribution is 6.02. The highest BCUT2D eigenvalue weighted by atomic mass is 16.3. The van der Waals surface area contributed by atoms with Crippen LogP contribution in [0.25, 0.3) is 11.3 Å². The van der Waals surface area contributed by atoms with Gasteiger partial charge in [-0.15, -0.1) is 0 Å². The van der Waals surface area contributed by atoms with Crippen LogP contribution in [-0.2, 0) is 0 Å². The average molecular weight is 348 g/mol. The molecule has 0 saturated heterocycles. The zero-order valence-corrected chi connectivity index (χ0v) is 14.9. The van der Waals surface area contributed by atoms with E-state index in [4.69, 9.17) is 0 Å². The zero-order valence-electron chi connectivity index (χ0n) is 14.9. The van der Waals surface area contributed by atoms with E-state index in [0.717, 1.165) is 5.56 Å². The van der Waals surface area contributed by atoms with Gasteiger partial charge in [-0.3, -0.25) is 9.89 Å². The van der Waals surface area contributed by atoms with Gasteiger partial charge in [0.25, 0.3) is 5.91 Å². The number of hydrogen-bond donors (Lipinski definition) is 3. The second kappa shape index (κ2) is 7.23. The van der Waals surface area contributed by atoms with Gasteiger partial charge in [-0.2, -0.15) is 10.2 Å². The van der Waals surface area contributed by atoms with E-state index in [1.807, 2.05) is 32.0 Å². The van der Waals surface area contributed by atoms with Crippen molar-refractivity contribution in [1.29, 1.82) is 0 Å². The van der Waals surface area contributed by atoms with Crippen LogP contribution >= 0.6 is 0 Å². The van der Waals surface area contributed by atoms with Crippen LogP contribution in [0, 0.1) is 13.8 Å². The third-order valence-corrected chi connectivity index (χ3v) is 4.24. The number of nitrogens with one attached hydrogen (secondary N) is 2. The minimum absolute atomic E-state index is 0.113. The van der Waals surface area contributed by atoms with E-state index in [9.17, 15) is 9.90 Å². The van der Waals surface area contributed by atoms with Crippen LogP contribution in [0.4, 0.5) is 0 Å². The van der Waals surface area contributed by atoms with Gasteiger partial charge in [0.2, 0.25) is 0 Å². The SMILES string of the molecule is C/C(=N/NC(=O)c1cc(-c2ccc(C)c(C)c2)n[nH]1)c1ccccc1O. The van der Waals surface area contributed by atoms with Gasteiger partial charge < -0.3 is 5.11 Å². The van der Waals surface area contributed by atoms with E-state index >= 15 is 0 Å².